The Morgan fingerprint density at radius 1 is 1.03 bits per heavy atom. The molecule has 1 fully saturated rings. The molecule has 1 atom stereocenters. The highest BCUT2D eigenvalue weighted by Crippen LogP contribution is 2.24. The Bertz CT molecular complexity index is 1140. The quantitative estimate of drug-likeness (QED) is 0.415. The van der Waals surface area contributed by atoms with Crippen LogP contribution in [-0.4, -0.2) is 39.9 Å². The number of thioether (sulfide) groups is 1. The Labute approximate surface area is 185 Å². The first-order chi connectivity index (χ1) is 15.2. The summed E-state index contributed by atoms with van der Waals surface area (Å²) in [5.41, 5.74) is 5.06. The van der Waals surface area contributed by atoms with Crippen LogP contribution in [0.5, 0.6) is 0 Å². The number of nitrogens with one attached hydrogen (secondary N) is 2. The molecular weight excluding hydrogens is 404 g/mol. The van der Waals surface area contributed by atoms with Gasteiger partial charge in [0.1, 0.15) is 0 Å². The van der Waals surface area contributed by atoms with Crippen LogP contribution in [-0.2, 0) is 5.75 Å². The molecule has 2 N–H and O–H groups in total. The molecule has 1 saturated heterocycles. The van der Waals surface area contributed by atoms with Crippen molar-refractivity contribution in [3.8, 4) is 0 Å². The highest BCUT2D eigenvalue weighted by Gasteiger charge is 2.26. The zero-order chi connectivity index (χ0) is 21.0. The number of benzene rings is 3. The van der Waals surface area contributed by atoms with Crippen molar-refractivity contribution in [2.75, 3.05) is 18.4 Å². The van der Waals surface area contributed by atoms with E-state index >= 15 is 0 Å². The van der Waals surface area contributed by atoms with E-state index in [0.29, 0.717) is 6.04 Å². The lowest BCUT2D eigenvalue weighted by Gasteiger charge is -2.18. The number of imidazole rings is 1. The molecule has 1 unspecified atom stereocenters. The van der Waals surface area contributed by atoms with Gasteiger partial charge in [-0.25, -0.2) is 4.98 Å². The summed E-state index contributed by atoms with van der Waals surface area (Å²) in [4.78, 5) is 22.8. The van der Waals surface area contributed by atoms with Gasteiger partial charge >= 0.3 is 0 Å². The van der Waals surface area contributed by atoms with Crippen LogP contribution in [0, 0.1) is 0 Å². The molecular formula is C25H24N4OS. The van der Waals surface area contributed by atoms with Crippen molar-refractivity contribution in [1.82, 2.24) is 14.9 Å². The van der Waals surface area contributed by atoms with Crippen LogP contribution in [0.4, 0.5) is 5.69 Å². The molecule has 3 aromatic carbocycles. The van der Waals surface area contributed by atoms with Gasteiger partial charge in [-0.1, -0.05) is 54.2 Å². The zero-order valence-corrected chi connectivity index (χ0v) is 17.9. The molecule has 4 aromatic rings. The summed E-state index contributed by atoms with van der Waals surface area (Å²) >= 11 is 1.67. The van der Waals surface area contributed by atoms with Crippen molar-refractivity contribution in [3.05, 3.63) is 90.0 Å². The average Bonchev–Trinajstić information content (AvgIpc) is 3.45. The van der Waals surface area contributed by atoms with E-state index in [2.05, 4.69) is 27.4 Å². The number of H-pyrrole nitrogens is 1. The number of nitrogens with zero attached hydrogens (tertiary/aromatic N) is 2. The van der Waals surface area contributed by atoms with Crippen molar-refractivity contribution < 1.29 is 4.79 Å². The number of rotatable bonds is 6. The predicted octanol–water partition coefficient (Wildman–Crippen LogP) is 5.18. The second-order valence-electron chi connectivity index (χ2n) is 7.79. The fourth-order valence-corrected chi connectivity index (χ4v) is 4.75. The van der Waals surface area contributed by atoms with Crippen LogP contribution in [0.1, 0.15) is 22.3 Å². The lowest BCUT2D eigenvalue weighted by molar-refractivity contribution is 0.0791. The smallest absolute Gasteiger partial charge is 0.253 e. The maximum Gasteiger partial charge on any atom is 0.253 e. The molecule has 2 heterocycles. The second-order valence-corrected chi connectivity index (χ2v) is 8.76. The molecule has 5 rings (SSSR count). The third kappa shape index (κ3) is 4.59. The van der Waals surface area contributed by atoms with Crippen LogP contribution in [0.25, 0.3) is 11.0 Å². The van der Waals surface area contributed by atoms with E-state index in [1.807, 2.05) is 71.6 Å². The molecule has 1 amide bonds. The fraction of sp³-hybridized carbons (Fsp3) is 0.200. The van der Waals surface area contributed by atoms with Gasteiger partial charge in [0.2, 0.25) is 0 Å². The number of likely N-dealkylation sites (tertiary alicyclic amines) is 1. The molecule has 1 aliphatic rings. The van der Waals surface area contributed by atoms with E-state index in [9.17, 15) is 4.79 Å². The number of para-hydroxylation sites is 3. The van der Waals surface area contributed by atoms with Crippen molar-refractivity contribution >= 4 is 34.4 Å². The van der Waals surface area contributed by atoms with Crippen molar-refractivity contribution in [2.45, 2.75) is 23.4 Å². The fourth-order valence-electron chi connectivity index (χ4n) is 3.91. The maximum absolute atomic E-state index is 12.9. The first-order valence-corrected chi connectivity index (χ1v) is 11.5. The number of anilines is 1. The van der Waals surface area contributed by atoms with Crippen LogP contribution in [0.15, 0.2) is 84.0 Å². The number of aromatic nitrogens is 2. The van der Waals surface area contributed by atoms with E-state index in [4.69, 9.17) is 0 Å². The number of amides is 1. The Kier molecular flexibility index (Phi) is 5.63. The Morgan fingerprint density at radius 3 is 2.61 bits per heavy atom. The summed E-state index contributed by atoms with van der Waals surface area (Å²) in [6, 6.07) is 26.5. The summed E-state index contributed by atoms with van der Waals surface area (Å²) in [7, 11) is 0. The van der Waals surface area contributed by atoms with Gasteiger partial charge in [-0.15, -0.1) is 0 Å². The third-order valence-corrected chi connectivity index (χ3v) is 6.51. The zero-order valence-electron chi connectivity index (χ0n) is 17.1. The van der Waals surface area contributed by atoms with Gasteiger partial charge in [-0.05, 0) is 48.4 Å². The van der Waals surface area contributed by atoms with E-state index in [1.54, 1.807) is 11.8 Å². The van der Waals surface area contributed by atoms with Gasteiger partial charge in [0.25, 0.3) is 5.91 Å². The molecule has 5 nitrogen and oxygen atoms in total. The average molecular weight is 429 g/mol. The molecule has 0 saturated carbocycles. The molecule has 6 heteroatoms. The van der Waals surface area contributed by atoms with Crippen molar-refractivity contribution in [2.24, 2.45) is 0 Å². The summed E-state index contributed by atoms with van der Waals surface area (Å²) in [6.07, 6.45) is 0.965. The first-order valence-electron chi connectivity index (χ1n) is 10.5. The number of hydrogen-bond acceptors (Lipinski definition) is 4. The number of carbonyl (C=O) groups excluding carboxylic acids is 1. The SMILES string of the molecule is O=C(c1ccc(CSc2nc3ccccc3[nH]2)cc1)N1CCC(Nc2ccccc2)C1. The molecule has 0 spiro atoms. The molecule has 31 heavy (non-hydrogen) atoms. The van der Waals surface area contributed by atoms with Crippen molar-refractivity contribution in [1.29, 1.82) is 0 Å². The highest BCUT2D eigenvalue weighted by molar-refractivity contribution is 7.98. The summed E-state index contributed by atoms with van der Waals surface area (Å²) in [5.74, 6) is 0.912. The van der Waals surface area contributed by atoms with Gasteiger partial charge in [0.05, 0.1) is 11.0 Å². The Hall–Kier alpha value is -3.25. The van der Waals surface area contributed by atoms with Gasteiger partial charge in [0.15, 0.2) is 5.16 Å². The molecule has 0 bridgehead atoms. The molecule has 1 aliphatic heterocycles. The van der Waals surface area contributed by atoms with Gasteiger partial charge in [-0.3, -0.25) is 4.79 Å². The first kappa shape index (κ1) is 19.7. The van der Waals surface area contributed by atoms with Crippen LogP contribution in [0.2, 0.25) is 0 Å². The Morgan fingerprint density at radius 2 is 1.81 bits per heavy atom. The summed E-state index contributed by atoms with van der Waals surface area (Å²) < 4.78 is 0. The van der Waals surface area contributed by atoms with E-state index < -0.39 is 0 Å². The number of carbonyl (C=O) groups is 1. The minimum Gasteiger partial charge on any atom is -0.380 e. The van der Waals surface area contributed by atoms with Crippen LogP contribution >= 0.6 is 11.8 Å². The van der Waals surface area contributed by atoms with Crippen LogP contribution in [0.3, 0.4) is 0 Å². The minimum atomic E-state index is 0.105. The number of aromatic amines is 1. The molecule has 156 valence electrons. The van der Waals surface area contributed by atoms with E-state index in [0.717, 1.165) is 52.7 Å². The third-order valence-electron chi connectivity index (χ3n) is 5.56. The normalized spacial score (nSPS) is 16.0. The number of fused-ring (bicyclic) bond motifs is 1. The molecule has 0 aliphatic carbocycles. The largest absolute Gasteiger partial charge is 0.380 e. The van der Waals surface area contributed by atoms with Gasteiger partial charge in [-0.2, -0.15) is 0 Å². The van der Waals surface area contributed by atoms with Crippen molar-refractivity contribution in [3.63, 3.8) is 0 Å². The van der Waals surface area contributed by atoms with Gasteiger partial charge < -0.3 is 15.2 Å². The standard InChI is InChI=1S/C25H24N4OS/c30-24(29-15-14-21(16-29)26-20-6-2-1-3-7-20)19-12-10-18(11-13-19)17-31-25-27-22-8-4-5-9-23(22)28-25/h1-13,21,26H,14-17H2,(H,27,28). The topological polar surface area (TPSA) is 61.0 Å². The Balaban J connectivity index is 1.16. The van der Waals surface area contributed by atoms with E-state index in [1.165, 1.54) is 5.56 Å². The molecule has 0 radical (unpaired) electrons. The number of hydrogen-bond donors (Lipinski definition) is 2. The van der Waals surface area contributed by atoms with E-state index in [-0.39, 0.29) is 5.91 Å². The predicted molar refractivity (Wildman–Crippen MR) is 126 cm³/mol. The lowest BCUT2D eigenvalue weighted by Crippen LogP contribution is -2.31. The second kappa shape index (κ2) is 8.86. The lowest BCUT2D eigenvalue weighted by atomic mass is 10.1. The minimum absolute atomic E-state index is 0.105. The monoisotopic (exact) mass is 428 g/mol. The van der Waals surface area contributed by atoms with Crippen LogP contribution < -0.4 is 5.32 Å². The van der Waals surface area contributed by atoms with Gasteiger partial charge in [0, 0.05) is 36.1 Å². The highest BCUT2D eigenvalue weighted by atomic mass is 32.2. The summed E-state index contributed by atoms with van der Waals surface area (Å²) in [5, 5.41) is 4.43. The molecule has 1 aromatic heterocycles. The maximum atomic E-state index is 12.9. The summed E-state index contributed by atoms with van der Waals surface area (Å²) in [6.45, 7) is 1.52.